The lowest BCUT2D eigenvalue weighted by molar-refractivity contribution is 0.269. The Morgan fingerprint density at radius 3 is 2.44 bits per heavy atom. The van der Waals surface area contributed by atoms with Crippen LogP contribution in [0.25, 0.3) is 0 Å². The topological polar surface area (TPSA) is 53.8 Å². The van der Waals surface area contributed by atoms with Crippen LogP contribution in [0.2, 0.25) is 0 Å². The number of rotatable bonds is 3. The molecule has 1 aromatic heterocycles. The van der Waals surface area contributed by atoms with Gasteiger partial charge in [-0.1, -0.05) is 0 Å². The number of likely N-dealkylation sites (N-methyl/N-ethyl adjacent to an activating group) is 1. The van der Waals surface area contributed by atoms with E-state index >= 15 is 0 Å². The normalized spacial score (nSPS) is 26.1. The van der Waals surface area contributed by atoms with Gasteiger partial charge >= 0.3 is 0 Å². The van der Waals surface area contributed by atoms with Gasteiger partial charge in [0.25, 0.3) is 0 Å². The van der Waals surface area contributed by atoms with Crippen molar-refractivity contribution in [1.82, 2.24) is 9.21 Å². The Morgan fingerprint density at radius 2 is 2.00 bits per heavy atom. The summed E-state index contributed by atoms with van der Waals surface area (Å²) in [4.78, 5) is 2.06. The highest BCUT2D eigenvalue weighted by molar-refractivity contribution is 7.88. The average molecular weight is 272 g/mol. The van der Waals surface area contributed by atoms with E-state index in [0.717, 1.165) is 11.5 Å². The van der Waals surface area contributed by atoms with Gasteiger partial charge < -0.3 is 9.32 Å². The van der Waals surface area contributed by atoms with E-state index in [-0.39, 0.29) is 12.0 Å². The molecule has 1 aliphatic rings. The van der Waals surface area contributed by atoms with Crippen LogP contribution in [0.1, 0.15) is 17.4 Å². The van der Waals surface area contributed by atoms with E-state index in [2.05, 4.69) is 4.90 Å². The minimum atomic E-state index is -3.14. The van der Waals surface area contributed by atoms with Gasteiger partial charge in [0.05, 0.1) is 6.26 Å². The van der Waals surface area contributed by atoms with Crippen molar-refractivity contribution >= 4 is 10.0 Å². The predicted octanol–water partition coefficient (Wildman–Crippen LogP) is 0.877. The molecule has 0 radical (unpaired) electrons. The first-order valence-corrected chi connectivity index (χ1v) is 7.81. The fraction of sp³-hybridized carbons (Fsp3) is 0.667. The Morgan fingerprint density at radius 1 is 1.33 bits per heavy atom. The van der Waals surface area contributed by atoms with Crippen LogP contribution < -0.4 is 0 Å². The number of hydrogen-bond donors (Lipinski definition) is 0. The van der Waals surface area contributed by atoms with Crippen LogP contribution in [-0.2, 0) is 10.0 Å². The zero-order valence-corrected chi connectivity index (χ0v) is 12.1. The zero-order chi connectivity index (χ0) is 13.5. The van der Waals surface area contributed by atoms with Crippen LogP contribution in [0, 0.1) is 6.92 Å². The third-order valence-electron chi connectivity index (χ3n) is 3.51. The quantitative estimate of drug-likeness (QED) is 0.819. The summed E-state index contributed by atoms with van der Waals surface area (Å²) in [5, 5.41) is 0. The molecule has 5 nitrogen and oxygen atoms in total. The summed E-state index contributed by atoms with van der Waals surface area (Å²) < 4.78 is 30.5. The highest BCUT2D eigenvalue weighted by Crippen LogP contribution is 2.32. The van der Waals surface area contributed by atoms with E-state index in [4.69, 9.17) is 4.42 Å². The summed E-state index contributed by atoms with van der Waals surface area (Å²) in [6.07, 6.45) is 1.26. The first-order valence-electron chi connectivity index (χ1n) is 5.97. The average Bonchev–Trinajstić information content (AvgIpc) is 2.81. The number of hydrogen-bond acceptors (Lipinski definition) is 4. The van der Waals surface area contributed by atoms with Gasteiger partial charge in [-0.2, -0.15) is 4.31 Å². The second kappa shape index (κ2) is 4.68. The molecule has 2 heterocycles. The Balaban J connectivity index is 2.28. The molecular weight excluding hydrogens is 252 g/mol. The molecule has 0 aliphatic carbocycles. The van der Waals surface area contributed by atoms with Gasteiger partial charge in [-0.05, 0) is 33.2 Å². The second-order valence-corrected chi connectivity index (χ2v) is 7.15. The van der Waals surface area contributed by atoms with Crippen molar-refractivity contribution in [3.63, 3.8) is 0 Å². The minimum Gasteiger partial charge on any atom is -0.466 e. The van der Waals surface area contributed by atoms with Crippen LogP contribution in [0.4, 0.5) is 0 Å². The number of nitrogens with zero attached hydrogens (tertiary/aromatic N) is 2. The molecule has 1 aliphatic heterocycles. The number of sulfonamides is 1. The summed E-state index contributed by atoms with van der Waals surface area (Å²) in [6.45, 7) is 2.92. The maximum Gasteiger partial charge on any atom is 0.211 e. The van der Waals surface area contributed by atoms with E-state index < -0.39 is 10.0 Å². The van der Waals surface area contributed by atoms with Crippen molar-refractivity contribution in [3.05, 3.63) is 23.7 Å². The molecule has 0 amide bonds. The van der Waals surface area contributed by atoms with Gasteiger partial charge in [-0.3, -0.25) is 0 Å². The van der Waals surface area contributed by atoms with E-state index in [9.17, 15) is 8.42 Å². The minimum absolute atomic E-state index is 0.100. The van der Waals surface area contributed by atoms with Gasteiger partial charge in [0.1, 0.15) is 11.5 Å². The summed E-state index contributed by atoms with van der Waals surface area (Å²) in [5.74, 6) is 1.83. The van der Waals surface area contributed by atoms with Crippen molar-refractivity contribution in [3.8, 4) is 0 Å². The third-order valence-corrected chi connectivity index (χ3v) is 4.75. The SMILES string of the molecule is Cc1ccc([C@@H]2CN(S(C)(=O)=O)C[C@H]2N(C)C)o1. The molecule has 0 N–H and O–H groups in total. The molecule has 0 unspecified atom stereocenters. The molecule has 102 valence electrons. The Hall–Kier alpha value is -0.850. The van der Waals surface area contributed by atoms with Crippen molar-refractivity contribution in [1.29, 1.82) is 0 Å². The molecule has 18 heavy (non-hydrogen) atoms. The van der Waals surface area contributed by atoms with Gasteiger partial charge in [-0.15, -0.1) is 0 Å². The van der Waals surface area contributed by atoms with Crippen LogP contribution >= 0.6 is 0 Å². The largest absolute Gasteiger partial charge is 0.466 e. The molecule has 0 bridgehead atoms. The van der Waals surface area contributed by atoms with E-state index in [1.165, 1.54) is 10.6 Å². The lowest BCUT2D eigenvalue weighted by Crippen LogP contribution is -2.35. The molecule has 2 atom stereocenters. The zero-order valence-electron chi connectivity index (χ0n) is 11.3. The van der Waals surface area contributed by atoms with Crippen LogP contribution in [0.15, 0.2) is 16.5 Å². The van der Waals surface area contributed by atoms with Crippen LogP contribution in [0.5, 0.6) is 0 Å². The van der Waals surface area contributed by atoms with E-state index in [1.54, 1.807) is 0 Å². The highest BCUT2D eigenvalue weighted by Gasteiger charge is 2.40. The Bertz CT molecular complexity index is 521. The molecule has 0 saturated carbocycles. The van der Waals surface area contributed by atoms with Crippen LogP contribution in [-0.4, -0.2) is 57.1 Å². The van der Waals surface area contributed by atoms with Crippen molar-refractivity contribution in [2.24, 2.45) is 0 Å². The van der Waals surface area contributed by atoms with Crippen molar-refractivity contribution in [2.45, 2.75) is 18.9 Å². The molecule has 1 saturated heterocycles. The standard InChI is InChI=1S/C12H20N2O3S/c1-9-5-6-12(17-9)10-7-14(18(4,15)16)8-11(10)13(2)3/h5-6,10-11H,7-8H2,1-4H3/t10-,11-/m1/s1. The lowest BCUT2D eigenvalue weighted by Gasteiger charge is -2.23. The Labute approximate surface area is 108 Å². The number of aryl methyl sites for hydroxylation is 1. The fourth-order valence-corrected chi connectivity index (χ4v) is 3.33. The van der Waals surface area contributed by atoms with Crippen LogP contribution in [0.3, 0.4) is 0 Å². The molecule has 0 spiro atoms. The molecule has 6 heteroatoms. The molecule has 1 aromatic rings. The van der Waals surface area contributed by atoms with Gasteiger partial charge in [-0.25, -0.2) is 8.42 Å². The van der Waals surface area contributed by atoms with Gasteiger partial charge in [0, 0.05) is 25.0 Å². The summed E-state index contributed by atoms with van der Waals surface area (Å²) in [7, 11) is 0.805. The molecule has 2 rings (SSSR count). The predicted molar refractivity (Wildman–Crippen MR) is 70.1 cm³/mol. The highest BCUT2D eigenvalue weighted by atomic mass is 32.2. The molecular formula is C12H20N2O3S. The van der Waals surface area contributed by atoms with Gasteiger partial charge in [0.15, 0.2) is 0 Å². The maximum atomic E-state index is 11.7. The fourth-order valence-electron chi connectivity index (χ4n) is 2.48. The Kier molecular flexibility index (Phi) is 3.53. The van der Waals surface area contributed by atoms with Crippen molar-refractivity contribution < 1.29 is 12.8 Å². The third kappa shape index (κ3) is 2.60. The first-order chi connectivity index (χ1) is 8.29. The lowest BCUT2D eigenvalue weighted by atomic mass is 10.0. The summed E-state index contributed by atoms with van der Waals surface area (Å²) in [6, 6.07) is 4.03. The monoisotopic (exact) mass is 272 g/mol. The smallest absolute Gasteiger partial charge is 0.211 e. The van der Waals surface area contributed by atoms with E-state index in [1.807, 2.05) is 33.2 Å². The van der Waals surface area contributed by atoms with Gasteiger partial charge in [0.2, 0.25) is 10.0 Å². The first kappa shape index (κ1) is 13.6. The number of furan rings is 1. The maximum absolute atomic E-state index is 11.7. The molecule has 0 aromatic carbocycles. The van der Waals surface area contributed by atoms with Crippen molar-refractivity contribution in [2.75, 3.05) is 33.4 Å². The van der Waals surface area contributed by atoms with E-state index in [0.29, 0.717) is 13.1 Å². The summed E-state index contributed by atoms with van der Waals surface area (Å²) >= 11 is 0. The molecule has 1 fully saturated rings. The summed E-state index contributed by atoms with van der Waals surface area (Å²) in [5.41, 5.74) is 0. The second-order valence-electron chi connectivity index (χ2n) is 5.17.